The van der Waals surface area contributed by atoms with Crippen molar-refractivity contribution in [2.75, 3.05) is 0 Å². The van der Waals surface area contributed by atoms with E-state index in [0.29, 0.717) is 0 Å². The predicted molar refractivity (Wildman–Crippen MR) is 78.3 cm³/mol. The lowest BCUT2D eigenvalue weighted by molar-refractivity contribution is 0.109. The Morgan fingerprint density at radius 2 is 1.74 bits per heavy atom. The molecule has 0 aliphatic heterocycles. The molecule has 1 nitrogen and oxygen atoms in total. The zero-order chi connectivity index (χ0) is 14.3. The van der Waals surface area contributed by atoms with E-state index in [1.807, 2.05) is 0 Å². The van der Waals surface area contributed by atoms with Crippen LogP contribution in [0.5, 0.6) is 0 Å². The van der Waals surface area contributed by atoms with Crippen LogP contribution in [-0.2, 0) is 10.8 Å². The predicted octanol–water partition coefficient (Wildman–Crippen LogP) is 3.53. The van der Waals surface area contributed by atoms with Gasteiger partial charge in [-0.2, -0.15) is 0 Å². The van der Waals surface area contributed by atoms with E-state index in [4.69, 9.17) is 4.43 Å². The minimum absolute atomic E-state index is 0.0201. The third kappa shape index (κ3) is 6.30. The number of hydrogen-bond donors (Lipinski definition) is 0. The molecule has 0 heterocycles. The van der Waals surface area contributed by atoms with Gasteiger partial charge >= 0.3 is 0 Å². The average molecular weight is 286 g/mol. The van der Waals surface area contributed by atoms with Gasteiger partial charge in [0, 0.05) is 5.60 Å². The fraction of sp³-hybridized carbons (Fsp3) is 0.600. The van der Waals surface area contributed by atoms with Gasteiger partial charge in [0.1, 0.15) is 10.5 Å². The molecule has 1 aromatic rings. The van der Waals surface area contributed by atoms with Crippen LogP contribution in [-0.4, -0.2) is 16.1 Å². The molecular weight excluding hydrogens is 262 g/mol. The van der Waals surface area contributed by atoms with Crippen molar-refractivity contribution in [1.29, 1.82) is 0 Å². The van der Waals surface area contributed by atoms with Crippen molar-refractivity contribution in [2.24, 2.45) is 0 Å². The van der Waals surface area contributed by atoms with Gasteiger partial charge in [-0.05, 0) is 50.8 Å². The second kappa shape index (κ2) is 7.75. The quantitative estimate of drug-likeness (QED) is 0.525. The average Bonchev–Trinajstić information content (AvgIpc) is 2.37. The Morgan fingerprint density at radius 3 is 2.37 bits per heavy atom. The number of rotatable bonds is 8. The summed E-state index contributed by atoms with van der Waals surface area (Å²) in [4.78, 5) is 0. The van der Waals surface area contributed by atoms with Gasteiger partial charge in [-0.1, -0.05) is 25.3 Å². The highest BCUT2D eigenvalue weighted by Crippen LogP contribution is 2.18. The highest BCUT2D eigenvalue weighted by molar-refractivity contribution is 5.98. The maximum atomic E-state index is 13.0. The van der Waals surface area contributed by atoms with Gasteiger partial charge in [-0.25, -0.2) is 8.78 Å². The van der Waals surface area contributed by atoms with Gasteiger partial charge in [0.25, 0.3) is 0 Å². The van der Waals surface area contributed by atoms with Crippen LogP contribution in [0.4, 0.5) is 8.78 Å². The molecule has 0 unspecified atom stereocenters. The van der Waals surface area contributed by atoms with Gasteiger partial charge in [0.15, 0.2) is 11.6 Å². The van der Waals surface area contributed by atoms with Crippen LogP contribution in [0.1, 0.15) is 51.5 Å². The molecule has 0 N–H and O–H groups in total. The molecule has 0 aliphatic carbocycles. The zero-order valence-electron chi connectivity index (χ0n) is 12.1. The lowest BCUT2D eigenvalue weighted by Crippen LogP contribution is -2.22. The van der Waals surface area contributed by atoms with E-state index < -0.39 is 11.6 Å². The van der Waals surface area contributed by atoms with E-state index in [1.165, 1.54) is 12.1 Å². The molecule has 0 atom stereocenters. The standard InChI is InChI=1S/C15H24F2OSi/c1-15(2,18-19)10-6-4-3-5-7-12-8-9-13(16)14(17)11-12/h8-9,11H,3-7,10H2,1-2,19H3. The van der Waals surface area contributed by atoms with Gasteiger partial charge < -0.3 is 4.43 Å². The maximum absolute atomic E-state index is 13.0. The van der Waals surface area contributed by atoms with Crippen molar-refractivity contribution >= 4 is 10.5 Å². The Kier molecular flexibility index (Phi) is 6.65. The Hall–Kier alpha value is -0.743. The van der Waals surface area contributed by atoms with E-state index in [9.17, 15) is 8.78 Å². The van der Waals surface area contributed by atoms with Crippen LogP contribution < -0.4 is 0 Å². The fourth-order valence-electron chi connectivity index (χ4n) is 2.03. The molecule has 0 amide bonds. The summed E-state index contributed by atoms with van der Waals surface area (Å²) in [6.45, 7) is 4.25. The fourth-order valence-corrected chi connectivity index (χ4v) is 2.23. The minimum atomic E-state index is -0.769. The molecular formula is C15H24F2OSi. The van der Waals surface area contributed by atoms with E-state index >= 15 is 0 Å². The number of halogens is 2. The summed E-state index contributed by atoms with van der Waals surface area (Å²) < 4.78 is 31.2. The van der Waals surface area contributed by atoms with Gasteiger partial charge in [0.05, 0.1) is 0 Å². The van der Waals surface area contributed by atoms with Gasteiger partial charge in [-0.15, -0.1) is 0 Å². The summed E-state index contributed by atoms with van der Waals surface area (Å²) in [6.07, 6.45) is 6.37. The van der Waals surface area contributed by atoms with Crippen LogP contribution in [0.2, 0.25) is 0 Å². The largest absolute Gasteiger partial charge is 0.423 e. The second-order valence-corrected chi connectivity index (χ2v) is 6.03. The molecule has 108 valence electrons. The first kappa shape index (κ1) is 16.3. The third-order valence-corrected chi connectivity index (χ3v) is 4.64. The second-order valence-electron chi connectivity index (χ2n) is 5.63. The lowest BCUT2D eigenvalue weighted by atomic mass is 9.99. The topological polar surface area (TPSA) is 9.23 Å². The molecule has 4 heteroatoms. The number of unbranched alkanes of at least 4 members (excludes halogenated alkanes) is 3. The van der Waals surface area contributed by atoms with Crippen LogP contribution in [0.25, 0.3) is 0 Å². The molecule has 0 aromatic heterocycles. The van der Waals surface area contributed by atoms with Crippen LogP contribution in [0.15, 0.2) is 18.2 Å². The van der Waals surface area contributed by atoms with Crippen LogP contribution in [0, 0.1) is 11.6 Å². The minimum Gasteiger partial charge on any atom is -0.423 e. The van der Waals surface area contributed by atoms with Crippen molar-refractivity contribution < 1.29 is 13.2 Å². The normalized spacial score (nSPS) is 12.0. The summed E-state index contributed by atoms with van der Waals surface area (Å²) in [5.41, 5.74) is 0.897. The smallest absolute Gasteiger partial charge is 0.159 e. The lowest BCUT2D eigenvalue weighted by Gasteiger charge is -2.23. The zero-order valence-corrected chi connectivity index (χ0v) is 14.1. The highest BCUT2D eigenvalue weighted by atomic mass is 28.2. The van der Waals surface area contributed by atoms with E-state index in [-0.39, 0.29) is 5.60 Å². The molecule has 0 spiro atoms. The monoisotopic (exact) mass is 286 g/mol. The number of benzene rings is 1. The number of hydrogen-bond acceptors (Lipinski definition) is 1. The number of aryl methyl sites for hydroxylation is 1. The molecule has 1 rings (SSSR count). The summed E-state index contributed by atoms with van der Waals surface area (Å²) in [5.74, 6) is -1.52. The van der Waals surface area contributed by atoms with Crippen LogP contribution >= 0.6 is 0 Å². The summed E-state index contributed by atoms with van der Waals surface area (Å²) in [6, 6.07) is 4.17. The van der Waals surface area contributed by atoms with E-state index in [1.54, 1.807) is 6.07 Å². The molecule has 0 radical (unpaired) electrons. The van der Waals surface area contributed by atoms with Crippen molar-refractivity contribution in [3.63, 3.8) is 0 Å². The third-order valence-electron chi connectivity index (χ3n) is 3.53. The summed E-state index contributed by atoms with van der Waals surface area (Å²) >= 11 is 0. The highest BCUT2D eigenvalue weighted by Gasteiger charge is 2.14. The van der Waals surface area contributed by atoms with Crippen molar-refractivity contribution in [2.45, 2.75) is 58.0 Å². The molecule has 0 aliphatic rings. The van der Waals surface area contributed by atoms with E-state index in [0.717, 1.165) is 54.6 Å². The van der Waals surface area contributed by atoms with Gasteiger partial charge in [0.2, 0.25) is 0 Å². The molecule has 0 saturated carbocycles. The Balaban J connectivity index is 2.16. The molecule has 0 fully saturated rings. The summed E-state index contributed by atoms with van der Waals surface area (Å²) in [5, 5.41) is 0. The van der Waals surface area contributed by atoms with E-state index in [2.05, 4.69) is 13.8 Å². The molecule has 0 bridgehead atoms. The molecule has 1 aromatic carbocycles. The Labute approximate surface area is 117 Å². The first-order chi connectivity index (χ1) is 8.94. The summed E-state index contributed by atoms with van der Waals surface area (Å²) in [7, 11) is 0.782. The van der Waals surface area contributed by atoms with Crippen LogP contribution in [0.3, 0.4) is 0 Å². The molecule has 19 heavy (non-hydrogen) atoms. The SMILES string of the molecule is CC(C)(CCCCCCc1ccc(F)c(F)c1)O[SiH3]. The van der Waals surface area contributed by atoms with Crippen molar-refractivity contribution in [3.05, 3.63) is 35.4 Å². The van der Waals surface area contributed by atoms with Gasteiger partial charge in [-0.3, -0.25) is 0 Å². The Bertz CT molecular complexity index is 394. The first-order valence-corrected chi connectivity index (χ1v) is 7.75. The van der Waals surface area contributed by atoms with Crippen molar-refractivity contribution in [1.82, 2.24) is 0 Å². The molecule has 0 saturated heterocycles. The van der Waals surface area contributed by atoms with Crippen molar-refractivity contribution in [3.8, 4) is 0 Å². The first-order valence-electron chi connectivity index (χ1n) is 6.94. The Morgan fingerprint density at radius 1 is 1.05 bits per heavy atom. The maximum Gasteiger partial charge on any atom is 0.159 e.